The van der Waals surface area contributed by atoms with Gasteiger partial charge in [-0.2, -0.15) is 13.2 Å². The van der Waals surface area contributed by atoms with Crippen LogP contribution in [0.4, 0.5) is 13.2 Å². The van der Waals surface area contributed by atoms with Crippen molar-refractivity contribution in [1.29, 1.82) is 0 Å². The van der Waals surface area contributed by atoms with Gasteiger partial charge in [0, 0.05) is 31.9 Å². The number of hydrogen-bond donors (Lipinski definition) is 1. The smallest absolute Gasteiger partial charge is 0.312 e. The highest BCUT2D eigenvalue weighted by Crippen LogP contribution is 2.26. The van der Waals surface area contributed by atoms with Crippen LogP contribution in [0.3, 0.4) is 0 Å². The van der Waals surface area contributed by atoms with Gasteiger partial charge in [-0.1, -0.05) is 6.07 Å². The summed E-state index contributed by atoms with van der Waals surface area (Å²) < 4.78 is 38.8. The zero-order valence-electron chi connectivity index (χ0n) is 11.1. The Labute approximate surface area is 119 Å². The van der Waals surface area contributed by atoms with Crippen molar-refractivity contribution in [2.24, 2.45) is 0 Å². The maximum absolute atomic E-state index is 12.3. The molecule has 0 fully saturated rings. The van der Waals surface area contributed by atoms with E-state index in [1.807, 2.05) is 12.1 Å². The third-order valence-corrected chi connectivity index (χ3v) is 3.45. The zero-order valence-corrected chi connectivity index (χ0v) is 11.1. The van der Waals surface area contributed by atoms with Gasteiger partial charge in [0.2, 0.25) is 0 Å². The molecule has 1 aliphatic rings. The summed E-state index contributed by atoms with van der Waals surface area (Å²) in [6, 6.07) is 3.54. The van der Waals surface area contributed by atoms with Gasteiger partial charge in [0.05, 0.1) is 12.5 Å². The minimum atomic E-state index is -4.18. The minimum Gasteiger partial charge on any atom is -0.312 e. The molecule has 0 aromatic carbocycles. The van der Waals surface area contributed by atoms with Gasteiger partial charge < -0.3 is 9.88 Å². The molecule has 2 aromatic heterocycles. The van der Waals surface area contributed by atoms with Crippen molar-refractivity contribution in [3.63, 3.8) is 0 Å². The van der Waals surface area contributed by atoms with Crippen molar-refractivity contribution in [1.82, 2.24) is 25.1 Å². The highest BCUT2D eigenvalue weighted by molar-refractivity contribution is 5.23. The number of fused-ring (bicyclic) bond motifs is 1. The molecule has 3 heterocycles. The average molecular weight is 297 g/mol. The monoisotopic (exact) mass is 297 g/mol. The Hall–Kier alpha value is -1.96. The van der Waals surface area contributed by atoms with E-state index in [4.69, 9.17) is 0 Å². The number of pyridine rings is 1. The first-order chi connectivity index (χ1) is 10.0. The number of aryl methyl sites for hydroxylation is 1. The van der Waals surface area contributed by atoms with Crippen LogP contribution >= 0.6 is 0 Å². The van der Waals surface area contributed by atoms with Gasteiger partial charge in [-0.3, -0.25) is 4.98 Å². The number of aromatic nitrogens is 4. The summed E-state index contributed by atoms with van der Waals surface area (Å²) in [7, 11) is 0. The van der Waals surface area contributed by atoms with Crippen molar-refractivity contribution in [2.75, 3.05) is 6.54 Å². The van der Waals surface area contributed by atoms with Crippen LogP contribution in [-0.2, 0) is 13.0 Å². The highest BCUT2D eigenvalue weighted by Gasteiger charge is 2.30. The molecule has 1 N–H and O–H groups in total. The van der Waals surface area contributed by atoms with E-state index < -0.39 is 12.6 Å². The molecule has 8 heteroatoms. The fourth-order valence-electron chi connectivity index (χ4n) is 2.47. The minimum absolute atomic E-state index is 0.143. The van der Waals surface area contributed by atoms with E-state index in [1.165, 1.54) is 0 Å². The van der Waals surface area contributed by atoms with Crippen molar-refractivity contribution < 1.29 is 13.2 Å². The van der Waals surface area contributed by atoms with Crippen LogP contribution in [-0.4, -0.2) is 32.5 Å². The summed E-state index contributed by atoms with van der Waals surface area (Å²) in [5.74, 6) is 1.03. The lowest BCUT2D eigenvalue weighted by Crippen LogP contribution is -2.35. The van der Waals surface area contributed by atoms with Crippen LogP contribution in [0.15, 0.2) is 24.5 Å². The topological polar surface area (TPSA) is 55.6 Å². The standard InChI is InChI=1S/C13H14F3N5/c14-13(15,16)4-3-10-19-20-12-11(18-6-7-21(10)12)9-2-1-5-17-8-9/h1-2,5,8,11,18H,3-4,6-7H2. The van der Waals surface area contributed by atoms with Crippen LogP contribution in [0.2, 0.25) is 0 Å². The second-order valence-corrected chi connectivity index (χ2v) is 4.91. The van der Waals surface area contributed by atoms with E-state index in [1.54, 1.807) is 17.0 Å². The Morgan fingerprint density at radius 2 is 2.19 bits per heavy atom. The molecule has 1 aliphatic heterocycles. The molecule has 0 radical (unpaired) electrons. The predicted octanol–water partition coefficient (Wildman–Crippen LogP) is 1.86. The van der Waals surface area contributed by atoms with Gasteiger partial charge in [0.1, 0.15) is 5.82 Å². The molecular weight excluding hydrogens is 283 g/mol. The summed E-state index contributed by atoms with van der Waals surface area (Å²) >= 11 is 0. The summed E-state index contributed by atoms with van der Waals surface area (Å²) in [6.07, 6.45) is -1.81. The van der Waals surface area contributed by atoms with Gasteiger partial charge in [0.25, 0.3) is 0 Å². The van der Waals surface area contributed by atoms with Gasteiger partial charge in [-0.25, -0.2) is 0 Å². The number of hydrogen-bond acceptors (Lipinski definition) is 4. The quantitative estimate of drug-likeness (QED) is 0.939. The first-order valence-corrected chi connectivity index (χ1v) is 6.66. The van der Waals surface area contributed by atoms with Gasteiger partial charge >= 0.3 is 6.18 Å². The summed E-state index contributed by atoms with van der Waals surface area (Å²) in [5.41, 5.74) is 0.924. The molecule has 5 nitrogen and oxygen atoms in total. The molecule has 0 amide bonds. The molecule has 1 atom stereocenters. The first-order valence-electron chi connectivity index (χ1n) is 6.66. The third kappa shape index (κ3) is 3.05. The van der Waals surface area contributed by atoms with Crippen LogP contribution in [0.1, 0.15) is 29.7 Å². The van der Waals surface area contributed by atoms with Crippen LogP contribution in [0.5, 0.6) is 0 Å². The van der Waals surface area contributed by atoms with E-state index in [0.29, 0.717) is 24.7 Å². The molecule has 0 saturated heterocycles. The van der Waals surface area contributed by atoms with E-state index in [0.717, 1.165) is 5.56 Å². The van der Waals surface area contributed by atoms with Crippen molar-refractivity contribution in [2.45, 2.75) is 31.6 Å². The number of rotatable bonds is 3. The lowest BCUT2D eigenvalue weighted by Gasteiger charge is -2.25. The lowest BCUT2D eigenvalue weighted by atomic mass is 10.1. The van der Waals surface area contributed by atoms with E-state index >= 15 is 0 Å². The van der Waals surface area contributed by atoms with E-state index in [2.05, 4.69) is 20.5 Å². The molecule has 21 heavy (non-hydrogen) atoms. The fraction of sp³-hybridized carbons (Fsp3) is 0.462. The normalized spacial score (nSPS) is 18.5. The lowest BCUT2D eigenvalue weighted by molar-refractivity contribution is -0.134. The number of alkyl halides is 3. The number of halogens is 3. The molecule has 3 rings (SSSR count). The number of nitrogens with one attached hydrogen (secondary N) is 1. The largest absolute Gasteiger partial charge is 0.389 e. The summed E-state index contributed by atoms with van der Waals surface area (Å²) in [5, 5.41) is 11.3. The fourth-order valence-corrected chi connectivity index (χ4v) is 2.47. The van der Waals surface area contributed by atoms with Crippen LogP contribution < -0.4 is 5.32 Å². The van der Waals surface area contributed by atoms with Crippen LogP contribution in [0.25, 0.3) is 0 Å². The van der Waals surface area contributed by atoms with E-state index in [-0.39, 0.29) is 12.5 Å². The van der Waals surface area contributed by atoms with Gasteiger partial charge in [-0.05, 0) is 11.6 Å². The first kappa shape index (κ1) is 14.0. The van der Waals surface area contributed by atoms with E-state index in [9.17, 15) is 13.2 Å². The molecular formula is C13H14F3N5. The maximum Gasteiger partial charge on any atom is 0.389 e. The Balaban J connectivity index is 1.85. The Bertz CT molecular complexity index is 608. The molecule has 0 aliphatic carbocycles. The molecule has 0 saturated carbocycles. The Morgan fingerprint density at radius 1 is 1.33 bits per heavy atom. The summed E-state index contributed by atoms with van der Waals surface area (Å²) in [4.78, 5) is 4.06. The molecule has 0 spiro atoms. The third-order valence-electron chi connectivity index (χ3n) is 3.45. The SMILES string of the molecule is FC(F)(F)CCc1nnc2n1CCNC2c1cccnc1. The maximum atomic E-state index is 12.3. The van der Waals surface area contributed by atoms with Crippen LogP contribution in [0, 0.1) is 0 Å². The molecule has 1 unspecified atom stereocenters. The molecule has 2 aromatic rings. The van der Waals surface area contributed by atoms with Gasteiger partial charge in [-0.15, -0.1) is 10.2 Å². The zero-order chi connectivity index (χ0) is 14.9. The predicted molar refractivity (Wildman–Crippen MR) is 68.5 cm³/mol. The van der Waals surface area contributed by atoms with Crippen molar-refractivity contribution in [3.05, 3.63) is 41.7 Å². The summed E-state index contributed by atoms with van der Waals surface area (Å²) in [6.45, 7) is 1.23. The highest BCUT2D eigenvalue weighted by atomic mass is 19.4. The molecule has 112 valence electrons. The van der Waals surface area contributed by atoms with Crippen molar-refractivity contribution in [3.8, 4) is 0 Å². The average Bonchev–Trinajstić information content (AvgIpc) is 2.88. The molecule has 0 bridgehead atoms. The second kappa shape index (κ2) is 5.44. The van der Waals surface area contributed by atoms with Gasteiger partial charge in [0.15, 0.2) is 5.82 Å². The second-order valence-electron chi connectivity index (χ2n) is 4.91. The Kier molecular flexibility index (Phi) is 3.62. The Morgan fingerprint density at radius 3 is 2.90 bits per heavy atom. The van der Waals surface area contributed by atoms with Crippen molar-refractivity contribution >= 4 is 0 Å². The number of nitrogens with zero attached hydrogens (tertiary/aromatic N) is 4.